The van der Waals surface area contributed by atoms with Crippen LogP contribution in [0.15, 0.2) is 22.7 Å². The van der Waals surface area contributed by atoms with Gasteiger partial charge in [0.2, 0.25) is 0 Å². The molecule has 0 radical (unpaired) electrons. The zero-order chi connectivity index (χ0) is 14.6. The minimum atomic E-state index is -0.243. The Morgan fingerprint density at radius 1 is 1.45 bits per heavy atom. The van der Waals surface area contributed by atoms with E-state index in [0.29, 0.717) is 29.9 Å². The first-order valence-corrected chi connectivity index (χ1v) is 8.31. The van der Waals surface area contributed by atoms with Crippen molar-refractivity contribution in [2.24, 2.45) is 0 Å². The van der Waals surface area contributed by atoms with Crippen LogP contribution in [0.3, 0.4) is 0 Å². The van der Waals surface area contributed by atoms with Gasteiger partial charge in [0.1, 0.15) is 5.75 Å². The Labute approximate surface area is 135 Å². The average Bonchev–Trinajstić information content (AvgIpc) is 2.47. The molecular weight excluding hydrogens is 390 g/mol. The van der Waals surface area contributed by atoms with Gasteiger partial charge in [-0.05, 0) is 31.0 Å². The van der Waals surface area contributed by atoms with Gasteiger partial charge in [-0.15, -0.1) is 0 Å². The van der Waals surface area contributed by atoms with E-state index in [9.17, 15) is 4.79 Å². The largest absolute Gasteiger partial charge is 0.496 e. The molecule has 2 rings (SSSR count). The van der Waals surface area contributed by atoms with Gasteiger partial charge in [0.05, 0.1) is 18.2 Å². The number of carbonyl (C=O) groups excluding carboxylic acids is 1. The second-order valence-electron chi connectivity index (χ2n) is 4.83. The molecule has 6 heteroatoms. The zero-order valence-corrected chi connectivity index (χ0v) is 14.4. The van der Waals surface area contributed by atoms with Crippen molar-refractivity contribution in [3.05, 3.63) is 28.2 Å². The summed E-state index contributed by atoms with van der Waals surface area (Å²) in [4.78, 5) is 12.5. The first-order valence-electron chi connectivity index (χ1n) is 6.40. The predicted octanol–water partition coefficient (Wildman–Crippen LogP) is 3.13. The lowest BCUT2D eigenvalue weighted by Gasteiger charge is -2.36. The summed E-state index contributed by atoms with van der Waals surface area (Å²) in [6.07, 6.45) is 1.62. The molecule has 1 aliphatic rings. The Morgan fingerprint density at radius 2 is 2.15 bits per heavy atom. The predicted molar refractivity (Wildman–Crippen MR) is 84.7 cm³/mol. The summed E-state index contributed by atoms with van der Waals surface area (Å²) in [6.45, 7) is 1.34. The molecular formula is C14H17Br2NO3. The van der Waals surface area contributed by atoms with E-state index in [1.54, 1.807) is 19.2 Å². The molecule has 1 aromatic carbocycles. The highest BCUT2D eigenvalue weighted by atomic mass is 79.9. The van der Waals surface area contributed by atoms with E-state index in [4.69, 9.17) is 9.47 Å². The fraction of sp³-hybridized carbons (Fsp3) is 0.500. The van der Waals surface area contributed by atoms with Crippen molar-refractivity contribution >= 4 is 37.8 Å². The molecule has 1 fully saturated rings. The fourth-order valence-corrected chi connectivity index (χ4v) is 3.26. The monoisotopic (exact) mass is 405 g/mol. The molecule has 0 bridgehead atoms. The number of rotatable bonds is 4. The lowest BCUT2D eigenvalue weighted by atomic mass is 9.92. The second kappa shape index (κ2) is 6.91. The van der Waals surface area contributed by atoms with E-state index in [0.717, 1.165) is 17.3 Å². The fourth-order valence-electron chi connectivity index (χ4n) is 2.21. The molecule has 0 spiro atoms. The van der Waals surface area contributed by atoms with Crippen molar-refractivity contribution in [2.45, 2.75) is 18.4 Å². The molecule has 1 aromatic rings. The molecule has 1 N–H and O–H groups in total. The highest BCUT2D eigenvalue weighted by molar-refractivity contribution is 9.10. The molecule has 0 saturated carbocycles. The maximum absolute atomic E-state index is 12.5. The lowest BCUT2D eigenvalue weighted by molar-refractivity contribution is 0.0441. The number of methoxy groups -OCH3 is 1. The summed E-state index contributed by atoms with van der Waals surface area (Å²) in [6, 6.07) is 5.39. The minimum Gasteiger partial charge on any atom is -0.496 e. The van der Waals surface area contributed by atoms with Crippen LogP contribution < -0.4 is 10.1 Å². The highest BCUT2D eigenvalue weighted by Crippen LogP contribution is 2.27. The van der Waals surface area contributed by atoms with Gasteiger partial charge in [-0.2, -0.15) is 0 Å². The SMILES string of the molecule is COc1cc(Br)ccc1C(=O)NC1(CBr)CCOCC1. The van der Waals surface area contributed by atoms with E-state index in [1.165, 1.54) is 0 Å². The minimum absolute atomic E-state index is 0.115. The normalized spacial score (nSPS) is 17.6. The van der Waals surface area contributed by atoms with Gasteiger partial charge in [-0.1, -0.05) is 31.9 Å². The molecule has 0 aliphatic carbocycles. The van der Waals surface area contributed by atoms with Crippen molar-refractivity contribution in [3.63, 3.8) is 0 Å². The number of ether oxygens (including phenoxy) is 2. The Morgan fingerprint density at radius 3 is 2.75 bits per heavy atom. The first kappa shape index (κ1) is 15.8. The highest BCUT2D eigenvalue weighted by Gasteiger charge is 2.33. The molecule has 1 heterocycles. The van der Waals surface area contributed by atoms with Crippen LogP contribution in [0.4, 0.5) is 0 Å². The summed E-state index contributed by atoms with van der Waals surface area (Å²) < 4.78 is 11.5. The quantitative estimate of drug-likeness (QED) is 0.781. The third-order valence-corrected chi connectivity index (χ3v) is 5.06. The number of hydrogen-bond acceptors (Lipinski definition) is 3. The van der Waals surface area contributed by atoms with Gasteiger partial charge in [0, 0.05) is 23.0 Å². The second-order valence-corrected chi connectivity index (χ2v) is 6.30. The van der Waals surface area contributed by atoms with Crippen molar-refractivity contribution in [3.8, 4) is 5.75 Å². The van der Waals surface area contributed by atoms with Gasteiger partial charge in [0.15, 0.2) is 0 Å². The van der Waals surface area contributed by atoms with Crippen LogP contribution >= 0.6 is 31.9 Å². The van der Waals surface area contributed by atoms with Crippen molar-refractivity contribution in [1.29, 1.82) is 0 Å². The third kappa shape index (κ3) is 3.54. The van der Waals surface area contributed by atoms with E-state index in [1.807, 2.05) is 6.07 Å². The van der Waals surface area contributed by atoms with Crippen LogP contribution in [0.5, 0.6) is 5.75 Å². The number of hydrogen-bond donors (Lipinski definition) is 1. The van der Waals surface area contributed by atoms with Gasteiger partial charge in [-0.3, -0.25) is 4.79 Å². The van der Waals surface area contributed by atoms with Crippen molar-refractivity contribution < 1.29 is 14.3 Å². The van der Waals surface area contributed by atoms with Crippen molar-refractivity contribution in [2.75, 3.05) is 25.7 Å². The molecule has 1 saturated heterocycles. The summed E-state index contributed by atoms with van der Waals surface area (Å²) >= 11 is 6.88. The maximum Gasteiger partial charge on any atom is 0.255 e. The summed E-state index contributed by atoms with van der Waals surface area (Å²) in [5.41, 5.74) is 0.301. The molecule has 20 heavy (non-hydrogen) atoms. The Hall–Kier alpha value is -0.590. The Kier molecular flexibility index (Phi) is 5.46. The van der Waals surface area contributed by atoms with Crippen LogP contribution in [-0.4, -0.2) is 37.1 Å². The van der Waals surface area contributed by atoms with Crippen LogP contribution in [0.25, 0.3) is 0 Å². The van der Waals surface area contributed by atoms with Gasteiger partial charge >= 0.3 is 0 Å². The summed E-state index contributed by atoms with van der Waals surface area (Å²) in [7, 11) is 1.56. The van der Waals surface area contributed by atoms with Gasteiger partial charge in [-0.25, -0.2) is 0 Å². The molecule has 0 aromatic heterocycles. The smallest absolute Gasteiger partial charge is 0.255 e. The van der Waals surface area contributed by atoms with E-state index in [-0.39, 0.29) is 11.4 Å². The molecule has 1 amide bonds. The van der Waals surface area contributed by atoms with Crippen LogP contribution in [0.2, 0.25) is 0 Å². The topological polar surface area (TPSA) is 47.6 Å². The number of carbonyl (C=O) groups is 1. The average molecular weight is 407 g/mol. The van der Waals surface area contributed by atoms with Crippen molar-refractivity contribution in [1.82, 2.24) is 5.32 Å². The Balaban J connectivity index is 2.18. The van der Waals surface area contributed by atoms with E-state index in [2.05, 4.69) is 37.2 Å². The number of amides is 1. The summed E-state index contributed by atoms with van der Waals surface area (Å²) in [5.74, 6) is 0.448. The Bertz CT molecular complexity index is 487. The van der Waals surface area contributed by atoms with Crippen LogP contribution in [-0.2, 0) is 4.74 Å². The molecule has 4 nitrogen and oxygen atoms in total. The van der Waals surface area contributed by atoms with Gasteiger partial charge in [0.25, 0.3) is 5.91 Å². The molecule has 0 atom stereocenters. The number of alkyl halides is 1. The standard InChI is InChI=1S/C14H17Br2NO3/c1-19-12-8-10(16)2-3-11(12)13(18)17-14(9-15)4-6-20-7-5-14/h2-3,8H,4-7,9H2,1H3,(H,17,18). The molecule has 1 aliphatic heterocycles. The maximum atomic E-state index is 12.5. The number of halogens is 2. The van der Waals surface area contributed by atoms with Crippen LogP contribution in [0.1, 0.15) is 23.2 Å². The number of benzene rings is 1. The van der Waals surface area contributed by atoms with E-state index < -0.39 is 0 Å². The zero-order valence-electron chi connectivity index (χ0n) is 11.2. The molecule has 110 valence electrons. The third-order valence-electron chi connectivity index (χ3n) is 3.49. The first-order chi connectivity index (χ1) is 9.60. The van der Waals surface area contributed by atoms with Crippen LogP contribution in [0, 0.1) is 0 Å². The molecule has 0 unspecified atom stereocenters. The summed E-state index contributed by atoms with van der Waals surface area (Å²) in [5, 5.41) is 3.85. The van der Waals surface area contributed by atoms with E-state index >= 15 is 0 Å². The number of nitrogens with one attached hydrogen (secondary N) is 1. The van der Waals surface area contributed by atoms with Gasteiger partial charge < -0.3 is 14.8 Å². The lowest BCUT2D eigenvalue weighted by Crippen LogP contribution is -2.53.